The molecule has 1 rings (SSSR count). The van der Waals surface area contributed by atoms with Crippen LogP contribution in [0.4, 0.5) is 5.82 Å². The molecule has 0 aliphatic rings. The quantitative estimate of drug-likeness (QED) is 0.654. The third-order valence-corrected chi connectivity index (χ3v) is 4.03. The van der Waals surface area contributed by atoms with E-state index in [9.17, 15) is 8.42 Å². The maximum Gasteiger partial charge on any atom is 0.244 e. The Kier molecular flexibility index (Phi) is 6.66. The molecule has 108 valence electrons. The number of nitrogens with two attached hydrogens (primary N) is 1. The first-order valence-electron chi connectivity index (χ1n) is 5.44. The fourth-order valence-electron chi connectivity index (χ4n) is 1.22. The second kappa shape index (κ2) is 7.75. The number of hydrogen-bond donors (Lipinski definition) is 2. The van der Waals surface area contributed by atoms with Gasteiger partial charge < -0.3 is 15.2 Å². The lowest BCUT2D eigenvalue weighted by Gasteiger charge is -2.09. The number of sulfonamides is 1. The van der Waals surface area contributed by atoms with E-state index in [-0.39, 0.29) is 23.9 Å². The van der Waals surface area contributed by atoms with Gasteiger partial charge in [0.2, 0.25) is 10.0 Å². The molecule has 3 N–H and O–H groups in total. The molecule has 0 spiro atoms. The van der Waals surface area contributed by atoms with Crippen LogP contribution in [0.1, 0.15) is 0 Å². The number of halogens is 1. The van der Waals surface area contributed by atoms with Crippen LogP contribution in [0, 0.1) is 0 Å². The van der Waals surface area contributed by atoms with Gasteiger partial charge in [0.15, 0.2) is 0 Å². The number of nitrogens with zero attached hydrogens (tertiary/aromatic N) is 1. The average Bonchev–Trinajstić information content (AvgIpc) is 2.36. The van der Waals surface area contributed by atoms with Crippen molar-refractivity contribution in [2.24, 2.45) is 0 Å². The molecule has 1 aromatic heterocycles. The van der Waals surface area contributed by atoms with Gasteiger partial charge in [-0.05, 0) is 22.0 Å². The molecule has 0 aliphatic carbocycles. The zero-order valence-electron chi connectivity index (χ0n) is 10.4. The minimum atomic E-state index is -3.68. The van der Waals surface area contributed by atoms with Crippen LogP contribution in [0.5, 0.6) is 0 Å². The second-order valence-corrected chi connectivity index (χ2v) is 6.19. The van der Waals surface area contributed by atoms with E-state index < -0.39 is 10.0 Å². The molecular weight excluding hydrogens is 338 g/mol. The van der Waals surface area contributed by atoms with E-state index in [1.807, 2.05) is 0 Å². The van der Waals surface area contributed by atoms with E-state index in [1.165, 1.54) is 12.3 Å². The number of rotatable bonds is 8. The Morgan fingerprint density at radius 3 is 2.84 bits per heavy atom. The fourth-order valence-corrected chi connectivity index (χ4v) is 2.82. The van der Waals surface area contributed by atoms with Gasteiger partial charge in [-0.25, -0.2) is 18.1 Å². The van der Waals surface area contributed by atoms with Gasteiger partial charge in [-0.2, -0.15) is 0 Å². The molecule has 0 amide bonds. The highest BCUT2D eigenvalue weighted by atomic mass is 79.9. The summed E-state index contributed by atoms with van der Waals surface area (Å²) in [7, 11) is -2.12. The summed E-state index contributed by atoms with van der Waals surface area (Å²) < 4.78 is 36.8. The largest absolute Gasteiger partial charge is 0.383 e. The Balaban J connectivity index is 2.54. The van der Waals surface area contributed by atoms with Crippen LogP contribution < -0.4 is 10.5 Å². The van der Waals surface area contributed by atoms with E-state index in [0.29, 0.717) is 17.7 Å². The third kappa shape index (κ3) is 5.41. The number of anilines is 1. The Hall–Kier alpha value is -0.740. The molecule has 0 aliphatic heterocycles. The van der Waals surface area contributed by atoms with Gasteiger partial charge in [-0.3, -0.25) is 0 Å². The Morgan fingerprint density at radius 1 is 1.42 bits per heavy atom. The Bertz CT molecular complexity index is 509. The predicted octanol–water partition coefficient (Wildman–Crippen LogP) is 0.368. The van der Waals surface area contributed by atoms with Crippen LogP contribution in [-0.4, -0.2) is 46.9 Å². The molecule has 0 fully saturated rings. The topological polar surface area (TPSA) is 104 Å². The summed E-state index contributed by atoms with van der Waals surface area (Å²) >= 11 is 3.15. The van der Waals surface area contributed by atoms with Crippen molar-refractivity contribution in [1.82, 2.24) is 9.71 Å². The predicted molar refractivity (Wildman–Crippen MR) is 74.2 cm³/mol. The molecular formula is C10H16BrN3O4S. The summed E-state index contributed by atoms with van der Waals surface area (Å²) in [5.74, 6) is -0.0454. The van der Waals surface area contributed by atoms with Crippen LogP contribution in [0.25, 0.3) is 0 Å². The summed E-state index contributed by atoms with van der Waals surface area (Å²) in [5.41, 5.74) is 5.55. The number of nitrogens with one attached hydrogen (secondary N) is 1. The van der Waals surface area contributed by atoms with E-state index in [2.05, 4.69) is 25.6 Å². The number of aromatic nitrogens is 1. The van der Waals surface area contributed by atoms with Gasteiger partial charge in [0.05, 0.1) is 19.8 Å². The zero-order valence-corrected chi connectivity index (χ0v) is 12.8. The van der Waals surface area contributed by atoms with Crippen LogP contribution in [0.3, 0.4) is 0 Å². The molecule has 0 unspecified atom stereocenters. The number of nitrogen functional groups attached to an aromatic ring is 1. The van der Waals surface area contributed by atoms with Crippen LogP contribution in [-0.2, 0) is 19.5 Å². The number of ether oxygens (including phenoxy) is 2. The lowest BCUT2D eigenvalue weighted by atomic mass is 10.5. The summed E-state index contributed by atoms with van der Waals surface area (Å²) in [6.45, 7) is 1.29. The van der Waals surface area contributed by atoms with Crippen molar-refractivity contribution in [2.45, 2.75) is 4.90 Å². The molecule has 7 nitrogen and oxygen atoms in total. The molecule has 9 heteroatoms. The van der Waals surface area contributed by atoms with E-state index >= 15 is 0 Å². The molecule has 0 aromatic carbocycles. The Labute approximate surface area is 120 Å². The lowest BCUT2D eigenvalue weighted by Crippen LogP contribution is -2.28. The number of pyridine rings is 1. The lowest BCUT2D eigenvalue weighted by molar-refractivity contribution is 0.0736. The van der Waals surface area contributed by atoms with Gasteiger partial charge in [-0.15, -0.1) is 0 Å². The van der Waals surface area contributed by atoms with Crippen molar-refractivity contribution in [1.29, 1.82) is 0 Å². The van der Waals surface area contributed by atoms with Gasteiger partial charge in [0, 0.05) is 24.3 Å². The maximum absolute atomic E-state index is 12.0. The summed E-state index contributed by atoms with van der Waals surface area (Å²) in [6.07, 6.45) is 1.43. The molecule has 19 heavy (non-hydrogen) atoms. The van der Waals surface area contributed by atoms with Crippen molar-refractivity contribution in [3.63, 3.8) is 0 Å². The monoisotopic (exact) mass is 353 g/mol. The van der Waals surface area contributed by atoms with Gasteiger partial charge in [-0.1, -0.05) is 0 Å². The minimum Gasteiger partial charge on any atom is -0.383 e. The van der Waals surface area contributed by atoms with Crippen LogP contribution in [0.2, 0.25) is 0 Å². The first-order chi connectivity index (χ1) is 8.97. The highest BCUT2D eigenvalue weighted by molar-refractivity contribution is 9.10. The van der Waals surface area contributed by atoms with Crippen molar-refractivity contribution in [3.8, 4) is 0 Å². The standard InChI is InChI=1S/C10H16BrN3O4S/c1-17-4-5-18-3-2-14-19(15,16)9-6-8(11)7-13-10(9)12/h6-7,14H,2-5H2,1H3,(H2,12,13). The Morgan fingerprint density at radius 2 is 2.16 bits per heavy atom. The summed E-state index contributed by atoms with van der Waals surface area (Å²) in [4.78, 5) is 3.72. The van der Waals surface area contributed by atoms with E-state index in [1.54, 1.807) is 7.11 Å². The van der Waals surface area contributed by atoms with E-state index in [4.69, 9.17) is 15.2 Å². The molecule has 0 radical (unpaired) electrons. The molecule has 0 atom stereocenters. The SMILES string of the molecule is COCCOCCNS(=O)(=O)c1cc(Br)cnc1N. The highest BCUT2D eigenvalue weighted by Crippen LogP contribution is 2.19. The van der Waals surface area contributed by atoms with Crippen molar-refractivity contribution in [2.75, 3.05) is 39.2 Å². The molecule has 1 heterocycles. The van der Waals surface area contributed by atoms with Crippen molar-refractivity contribution >= 4 is 31.8 Å². The maximum atomic E-state index is 12.0. The van der Waals surface area contributed by atoms with Crippen LogP contribution >= 0.6 is 15.9 Å². The van der Waals surface area contributed by atoms with E-state index in [0.717, 1.165) is 0 Å². The second-order valence-electron chi connectivity index (χ2n) is 3.54. The van der Waals surface area contributed by atoms with Gasteiger partial charge >= 0.3 is 0 Å². The molecule has 0 saturated heterocycles. The highest BCUT2D eigenvalue weighted by Gasteiger charge is 2.18. The minimum absolute atomic E-state index is 0.0454. The summed E-state index contributed by atoms with van der Waals surface area (Å²) in [6, 6.07) is 1.40. The first-order valence-corrected chi connectivity index (χ1v) is 7.72. The number of hydrogen-bond acceptors (Lipinski definition) is 6. The molecule has 0 saturated carbocycles. The first kappa shape index (κ1) is 16.3. The zero-order chi connectivity index (χ0) is 14.3. The molecule has 0 bridgehead atoms. The van der Waals surface area contributed by atoms with Gasteiger partial charge in [0.1, 0.15) is 10.7 Å². The summed E-state index contributed by atoms with van der Waals surface area (Å²) in [5, 5.41) is 0. The fraction of sp³-hybridized carbons (Fsp3) is 0.500. The average molecular weight is 354 g/mol. The van der Waals surface area contributed by atoms with Crippen LogP contribution in [0.15, 0.2) is 21.6 Å². The van der Waals surface area contributed by atoms with Crippen molar-refractivity contribution in [3.05, 3.63) is 16.7 Å². The van der Waals surface area contributed by atoms with Crippen molar-refractivity contribution < 1.29 is 17.9 Å². The number of methoxy groups -OCH3 is 1. The van der Waals surface area contributed by atoms with Gasteiger partial charge in [0.25, 0.3) is 0 Å². The smallest absolute Gasteiger partial charge is 0.244 e. The normalized spacial score (nSPS) is 11.7. The molecule has 1 aromatic rings. The third-order valence-electron chi connectivity index (χ3n) is 2.11.